The van der Waals surface area contributed by atoms with Crippen molar-refractivity contribution in [2.24, 2.45) is 10.2 Å². The highest BCUT2D eigenvalue weighted by Crippen LogP contribution is 2.27. The lowest BCUT2D eigenvalue weighted by molar-refractivity contribution is 0.478. The Morgan fingerprint density at radius 3 is 2.25 bits per heavy atom. The third-order valence-electron chi connectivity index (χ3n) is 2.41. The molecule has 2 rings (SSSR count). The number of hydrogen-bond acceptors (Lipinski definition) is 6. The zero-order valence-electron chi connectivity index (χ0n) is 10.1. The van der Waals surface area contributed by atoms with Gasteiger partial charge < -0.3 is 10.8 Å². The summed E-state index contributed by atoms with van der Waals surface area (Å²) in [6.07, 6.45) is 0. The lowest BCUT2D eigenvalue weighted by Crippen LogP contribution is -1.96. The molecule has 0 aliphatic carbocycles. The number of phenols is 1. The molecule has 4 N–H and O–H groups in total. The zero-order valence-corrected chi connectivity index (χ0v) is 10.9. The van der Waals surface area contributed by atoms with E-state index in [-0.39, 0.29) is 22.0 Å². The Kier molecular flexibility index (Phi) is 3.68. The van der Waals surface area contributed by atoms with E-state index in [0.29, 0.717) is 5.69 Å². The first-order valence-electron chi connectivity index (χ1n) is 5.44. The van der Waals surface area contributed by atoms with Gasteiger partial charge in [-0.05, 0) is 36.4 Å². The normalized spacial score (nSPS) is 11.8. The molecule has 0 unspecified atom stereocenters. The van der Waals surface area contributed by atoms with Gasteiger partial charge in [-0.15, -0.1) is 0 Å². The van der Waals surface area contributed by atoms with E-state index in [1.807, 2.05) is 0 Å². The fourth-order valence-corrected chi connectivity index (χ4v) is 1.95. The Morgan fingerprint density at radius 1 is 1.00 bits per heavy atom. The van der Waals surface area contributed by atoms with Crippen molar-refractivity contribution in [2.75, 3.05) is 5.73 Å². The molecule has 0 radical (unpaired) electrons. The van der Waals surface area contributed by atoms with Gasteiger partial charge in [0.15, 0.2) is 0 Å². The van der Waals surface area contributed by atoms with Crippen LogP contribution in [0.3, 0.4) is 0 Å². The van der Waals surface area contributed by atoms with E-state index < -0.39 is 10.1 Å². The van der Waals surface area contributed by atoms with Gasteiger partial charge in [0.1, 0.15) is 5.75 Å². The van der Waals surface area contributed by atoms with Crippen LogP contribution in [0.2, 0.25) is 0 Å². The number of aromatic hydroxyl groups is 1. The van der Waals surface area contributed by atoms with Gasteiger partial charge in [-0.1, -0.05) is 6.07 Å². The second-order valence-electron chi connectivity index (χ2n) is 3.92. The van der Waals surface area contributed by atoms with Crippen LogP contribution in [0.4, 0.5) is 17.1 Å². The van der Waals surface area contributed by atoms with E-state index in [1.54, 1.807) is 0 Å². The van der Waals surface area contributed by atoms with Crippen molar-refractivity contribution in [3.63, 3.8) is 0 Å². The lowest BCUT2D eigenvalue weighted by atomic mass is 10.2. The third kappa shape index (κ3) is 3.31. The van der Waals surface area contributed by atoms with Crippen LogP contribution < -0.4 is 5.73 Å². The molecular formula is C12H11N3O4S. The summed E-state index contributed by atoms with van der Waals surface area (Å²) in [7, 11) is -4.28. The maximum Gasteiger partial charge on any atom is 0.294 e. The molecule has 0 saturated heterocycles. The Bertz CT molecular complexity index is 772. The molecule has 0 spiro atoms. The molecule has 20 heavy (non-hydrogen) atoms. The fraction of sp³-hybridized carbons (Fsp3) is 0. The first kappa shape index (κ1) is 14.0. The first-order chi connectivity index (χ1) is 9.36. The van der Waals surface area contributed by atoms with Crippen LogP contribution in [0.25, 0.3) is 0 Å². The third-order valence-corrected chi connectivity index (χ3v) is 3.26. The maximum atomic E-state index is 11.0. The molecule has 0 saturated carbocycles. The van der Waals surface area contributed by atoms with Gasteiger partial charge in [0.25, 0.3) is 10.1 Å². The molecule has 0 heterocycles. The van der Waals surface area contributed by atoms with E-state index in [9.17, 15) is 13.5 Å². The predicted molar refractivity (Wildman–Crippen MR) is 73.0 cm³/mol. The minimum absolute atomic E-state index is 0.0580. The quantitative estimate of drug-likeness (QED) is 0.347. The summed E-state index contributed by atoms with van der Waals surface area (Å²) >= 11 is 0. The van der Waals surface area contributed by atoms with Gasteiger partial charge in [0.05, 0.1) is 22.0 Å². The van der Waals surface area contributed by atoms with E-state index in [0.717, 1.165) is 0 Å². The summed E-state index contributed by atoms with van der Waals surface area (Å²) in [6.45, 7) is 0. The smallest absolute Gasteiger partial charge is 0.294 e. The highest BCUT2D eigenvalue weighted by atomic mass is 32.2. The van der Waals surface area contributed by atoms with Crippen LogP contribution >= 0.6 is 0 Å². The van der Waals surface area contributed by atoms with Gasteiger partial charge in [-0.25, -0.2) is 0 Å². The van der Waals surface area contributed by atoms with Crippen molar-refractivity contribution in [1.82, 2.24) is 0 Å². The standard InChI is InChI=1S/C12H11N3O4S/c13-11-7-9(4-5-12(11)16)15-14-8-2-1-3-10(6-8)20(17,18)19/h1-7,16H,13H2,(H,17,18,19)/b15-14+. The van der Waals surface area contributed by atoms with Crippen molar-refractivity contribution in [3.05, 3.63) is 42.5 Å². The molecule has 0 aromatic heterocycles. The number of anilines is 1. The first-order valence-corrected chi connectivity index (χ1v) is 6.88. The molecule has 0 aliphatic rings. The van der Waals surface area contributed by atoms with Crippen LogP contribution in [-0.4, -0.2) is 18.1 Å². The van der Waals surface area contributed by atoms with Crippen LogP contribution in [0.15, 0.2) is 57.6 Å². The molecule has 2 aromatic rings. The molecular weight excluding hydrogens is 282 g/mol. The SMILES string of the molecule is Nc1cc(/N=N/c2cccc(S(=O)(=O)O)c2)ccc1O. The summed E-state index contributed by atoms with van der Waals surface area (Å²) < 4.78 is 30.9. The Hall–Kier alpha value is -2.45. The second kappa shape index (κ2) is 5.27. The molecule has 7 nitrogen and oxygen atoms in total. The molecule has 2 aromatic carbocycles. The maximum absolute atomic E-state index is 11.0. The number of rotatable bonds is 3. The van der Waals surface area contributed by atoms with Gasteiger partial charge in [0, 0.05) is 0 Å². The van der Waals surface area contributed by atoms with E-state index in [2.05, 4.69) is 10.2 Å². The number of nitrogens with two attached hydrogens (primary N) is 1. The summed E-state index contributed by atoms with van der Waals surface area (Å²) in [5.41, 5.74) is 6.32. The van der Waals surface area contributed by atoms with Crippen LogP contribution in [-0.2, 0) is 10.1 Å². The van der Waals surface area contributed by atoms with E-state index >= 15 is 0 Å². The number of hydrogen-bond donors (Lipinski definition) is 3. The van der Waals surface area contributed by atoms with Crippen molar-refractivity contribution >= 4 is 27.2 Å². The molecule has 0 aliphatic heterocycles. The van der Waals surface area contributed by atoms with Crippen LogP contribution in [0, 0.1) is 0 Å². The molecule has 0 atom stereocenters. The highest BCUT2D eigenvalue weighted by molar-refractivity contribution is 7.85. The van der Waals surface area contributed by atoms with Crippen molar-refractivity contribution in [1.29, 1.82) is 0 Å². The summed E-state index contributed by atoms with van der Waals surface area (Å²) in [5.74, 6) is -0.0580. The summed E-state index contributed by atoms with van der Waals surface area (Å²) in [5, 5.41) is 17.0. The fourth-order valence-electron chi connectivity index (χ4n) is 1.43. The summed E-state index contributed by atoms with van der Waals surface area (Å²) in [4.78, 5) is -0.265. The number of phenolic OH excluding ortho intramolecular Hbond substituents is 1. The number of azo groups is 1. The number of nitrogen functional groups attached to an aromatic ring is 1. The van der Waals surface area contributed by atoms with Crippen LogP contribution in [0.5, 0.6) is 5.75 Å². The molecule has 104 valence electrons. The molecule has 0 fully saturated rings. The van der Waals surface area contributed by atoms with Gasteiger partial charge in [-0.3, -0.25) is 4.55 Å². The van der Waals surface area contributed by atoms with Crippen molar-refractivity contribution < 1.29 is 18.1 Å². The molecule has 8 heteroatoms. The average Bonchev–Trinajstić information content (AvgIpc) is 2.39. The van der Waals surface area contributed by atoms with Gasteiger partial charge >= 0.3 is 0 Å². The average molecular weight is 293 g/mol. The topological polar surface area (TPSA) is 125 Å². The van der Waals surface area contributed by atoms with Crippen LogP contribution in [0.1, 0.15) is 0 Å². The number of benzene rings is 2. The van der Waals surface area contributed by atoms with Crippen molar-refractivity contribution in [2.45, 2.75) is 4.90 Å². The van der Waals surface area contributed by atoms with Gasteiger partial charge in [-0.2, -0.15) is 18.6 Å². The van der Waals surface area contributed by atoms with Gasteiger partial charge in [0.2, 0.25) is 0 Å². The zero-order chi connectivity index (χ0) is 14.8. The molecule has 0 amide bonds. The second-order valence-corrected chi connectivity index (χ2v) is 5.34. The monoisotopic (exact) mass is 293 g/mol. The van der Waals surface area contributed by atoms with E-state index in [1.165, 1.54) is 42.5 Å². The summed E-state index contributed by atoms with van der Waals surface area (Å²) in [6, 6.07) is 9.69. The highest BCUT2D eigenvalue weighted by Gasteiger charge is 2.09. The number of nitrogens with zero attached hydrogens (tertiary/aromatic N) is 2. The lowest BCUT2D eigenvalue weighted by Gasteiger charge is -1.99. The van der Waals surface area contributed by atoms with E-state index in [4.69, 9.17) is 10.3 Å². The Labute approximate surface area is 115 Å². The molecule has 0 bridgehead atoms. The minimum Gasteiger partial charge on any atom is -0.506 e. The predicted octanol–water partition coefficient (Wildman–Crippen LogP) is 2.64. The minimum atomic E-state index is -4.28. The Morgan fingerprint density at radius 2 is 1.65 bits per heavy atom. The van der Waals surface area contributed by atoms with Crippen molar-refractivity contribution in [3.8, 4) is 5.75 Å². The Balaban J connectivity index is 2.30. The largest absolute Gasteiger partial charge is 0.506 e.